The van der Waals surface area contributed by atoms with E-state index < -0.39 is 16.0 Å². The fourth-order valence-electron chi connectivity index (χ4n) is 2.36. The molecule has 0 aliphatic rings. The van der Waals surface area contributed by atoms with Crippen LogP contribution in [-0.4, -0.2) is 21.5 Å². The Kier molecular flexibility index (Phi) is 5.87. The second-order valence-corrected chi connectivity index (χ2v) is 7.77. The van der Waals surface area contributed by atoms with Gasteiger partial charge in [-0.3, -0.25) is 4.72 Å². The van der Waals surface area contributed by atoms with Crippen LogP contribution < -0.4 is 9.46 Å². The Morgan fingerprint density at radius 1 is 0.929 bits per heavy atom. The van der Waals surface area contributed by atoms with Gasteiger partial charge >= 0.3 is 5.97 Å². The molecule has 0 atom stereocenters. The molecule has 0 amide bonds. The third-order valence-corrected chi connectivity index (χ3v) is 5.46. The molecule has 1 N–H and O–H groups in total. The van der Waals surface area contributed by atoms with Gasteiger partial charge in [-0.15, -0.1) is 0 Å². The molecule has 0 saturated heterocycles. The van der Waals surface area contributed by atoms with E-state index in [4.69, 9.17) is 16.3 Å². The topological polar surface area (TPSA) is 81.7 Å². The number of carbonyl (C=O) groups is 1. The maximum absolute atomic E-state index is 12.6. The summed E-state index contributed by atoms with van der Waals surface area (Å²) < 4.78 is 38.0. The van der Waals surface area contributed by atoms with Crippen molar-refractivity contribution in [3.05, 3.63) is 83.4 Å². The van der Waals surface area contributed by atoms with Crippen LogP contribution in [0.1, 0.15) is 10.4 Å². The maximum atomic E-state index is 12.6. The van der Waals surface area contributed by atoms with Crippen LogP contribution in [-0.2, 0) is 14.8 Å². The van der Waals surface area contributed by atoms with Crippen LogP contribution in [0.2, 0.25) is 5.02 Å². The van der Waals surface area contributed by atoms with Crippen molar-refractivity contribution >= 4 is 33.3 Å². The van der Waals surface area contributed by atoms with E-state index in [1.165, 1.54) is 37.4 Å². The number of rotatable bonds is 6. The third kappa shape index (κ3) is 4.62. The van der Waals surface area contributed by atoms with Gasteiger partial charge in [0.25, 0.3) is 10.0 Å². The summed E-state index contributed by atoms with van der Waals surface area (Å²) in [6, 6.07) is 19.2. The van der Waals surface area contributed by atoms with Gasteiger partial charge in [-0.25, -0.2) is 13.2 Å². The van der Waals surface area contributed by atoms with Crippen LogP contribution in [0.25, 0.3) is 0 Å². The van der Waals surface area contributed by atoms with E-state index in [2.05, 4.69) is 9.46 Å². The number of hydrogen-bond acceptors (Lipinski definition) is 5. The lowest BCUT2D eigenvalue weighted by Crippen LogP contribution is -2.14. The molecule has 3 rings (SSSR count). The largest absolute Gasteiger partial charge is 0.465 e. The number of benzene rings is 3. The number of methoxy groups -OCH3 is 1. The summed E-state index contributed by atoms with van der Waals surface area (Å²) in [4.78, 5) is 11.7. The molecule has 0 spiro atoms. The number of nitrogens with one attached hydrogen (secondary N) is 1. The Bertz CT molecular complexity index is 1080. The Balaban J connectivity index is 1.80. The smallest absolute Gasteiger partial charge is 0.337 e. The van der Waals surface area contributed by atoms with Gasteiger partial charge in [0.1, 0.15) is 11.5 Å². The lowest BCUT2D eigenvalue weighted by atomic mass is 10.2. The summed E-state index contributed by atoms with van der Waals surface area (Å²) in [5.74, 6) is 0.540. The molecular formula is C20H16ClNO5S. The van der Waals surface area contributed by atoms with Crippen molar-refractivity contribution in [1.82, 2.24) is 0 Å². The fourth-order valence-corrected chi connectivity index (χ4v) is 3.65. The average molecular weight is 418 g/mol. The first kappa shape index (κ1) is 19.7. The summed E-state index contributed by atoms with van der Waals surface area (Å²) >= 11 is 6.05. The number of anilines is 1. The molecule has 28 heavy (non-hydrogen) atoms. The Morgan fingerprint density at radius 3 is 2.21 bits per heavy atom. The van der Waals surface area contributed by atoms with E-state index in [-0.39, 0.29) is 21.2 Å². The van der Waals surface area contributed by atoms with Crippen LogP contribution in [0.5, 0.6) is 11.5 Å². The molecule has 0 saturated carbocycles. The number of esters is 1. The quantitative estimate of drug-likeness (QED) is 0.587. The molecular weight excluding hydrogens is 402 g/mol. The number of ether oxygens (including phenoxy) is 2. The van der Waals surface area contributed by atoms with Crippen LogP contribution in [0.15, 0.2) is 77.7 Å². The molecule has 0 aliphatic heterocycles. The molecule has 0 aromatic heterocycles. The highest BCUT2D eigenvalue weighted by molar-refractivity contribution is 7.92. The predicted octanol–water partition coefficient (Wildman–Crippen LogP) is 4.72. The van der Waals surface area contributed by atoms with Crippen molar-refractivity contribution in [1.29, 1.82) is 0 Å². The minimum Gasteiger partial charge on any atom is -0.465 e. The van der Waals surface area contributed by atoms with Crippen molar-refractivity contribution in [3.63, 3.8) is 0 Å². The average Bonchev–Trinajstić information content (AvgIpc) is 2.70. The number of hydrogen-bond donors (Lipinski definition) is 1. The number of halogens is 1. The van der Waals surface area contributed by atoms with Gasteiger partial charge in [-0.05, 0) is 54.6 Å². The highest BCUT2D eigenvalue weighted by atomic mass is 35.5. The first-order chi connectivity index (χ1) is 13.4. The second-order valence-electron chi connectivity index (χ2n) is 5.68. The van der Waals surface area contributed by atoms with E-state index >= 15 is 0 Å². The standard InChI is InChI=1S/C20H16ClNO5S/c1-26-20(23)14-7-12-18(21)19(13-14)22-28(24,25)17-10-8-16(9-11-17)27-15-5-3-2-4-6-15/h2-13,22H,1H3. The summed E-state index contributed by atoms with van der Waals surface area (Å²) in [5.41, 5.74) is 0.255. The molecule has 0 radical (unpaired) electrons. The highest BCUT2D eigenvalue weighted by Gasteiger charge is 2.17. The molecule has 0 aliphatic carbocycles. The maximum Gasteiger partial charge on any atom is 0.337 e. The summed E-state index contributed by atoms with van der Waals surface area (Å²) in [6.07, 6.45) is 0. The van der Waals surface area contributed by atoms with Gasteiger partial charge in [0.05, 0.1) is 28.3 Å². The monoisotopic (exact) mass is 417 g/mol. The van der Waals surface area contributed by atoms with E-state index in [1.54, 1.807) is 24.3 Å². The zero-order valence-corrected chi connectivity index (χ0v) is 16.3. The molecule has 0 fully saturated rings. The molecule has 0 unspecified atom stereocenters. The first-order valence-corrected chi connectivity index (χ1v) is 9.99. The predicted molar refractivity (Wildman–Crippen MR) is 107 cm³/mol. The fraction of sp³-hybridized carbons (Fsp3) is 0.0500. The van der Waals surface area contributed by atoms with Gasteiger partial charge in [0, 0.05) is 0 Å². The minimum absolute atomic E-state index is 0.0208. The molecule has 0 bridgehead atoms. The minimum atomic E-state index is -3.92. The van der Waals surface area contributed by atoms with Crippen LogP contribution in [0.3, 0.4) is 0 Å². The zero-order chi connectivity index (χ0) is 20.1. The number of para-hydroxylation sites is 1. The van der Waals surface area contributed by atoms with Crippen molar-refractivity contribution in [2.24, 2.45) is 0 Å². The van der Waals surface area contributed by atoms with Crippen LogP contribution in [0, 0.1) is 0 Å². The van der Waals surface area contributed by atoms with Crippen LogP contribution >= 0.6 is 11.6 Å². The highest BCUT2D eigenvalue weighted by Crippen LogP contribution is 2.27. The molecule has 144 valence electrons. The Hall–Kier alpha value is -3.03. The van der Waals surface area contributed by atoms with Crippen molar-refractivity contribution in [2.75, 3.05) is 11.8 Å². The van der Waals surface area contributed by atoms with Gasteiger partial charge in [-0.1, -0.05) is 29.8 Å². The van der Waals surface area contributed by atoms with E-state index in [9.17, 15) is 13.2 Å². The second kappa shape index (κ2) is 8.33. The molecule has 8 heteroatoms. The zero-order valence-electron chi connectivity index (χ0n) is 14.8. The van der Waals surface area contributed by atoms with Gasteiger partial charge in [0.15, 0.2) is 0 Å². The normalized spacial score (nSPS) is 10.9. The third-order valence-electron chi connectivity index (χ3n) is 3.74. The first-order valence-electron chi connectivity index (χ1n) is 8.13. The van der Waals surface area contributed by atoms with Crippen LogP contribution in [0.4, 0.5) is 5.69 Å². The molecule has 6 nitrogen and oxygen atoms in total. The van der Waals surface area contributed by atoms with E-state index in [1.807, 2.05) is 18.2 Å². The molecule has 3 aromatic rings. The van der Waals surface area contributed by atoms with E-state index in [0.717, 1.165) is 0 Å². The van der Waals surface area contributed by atoms with Crippen molar-refractivity contribution in [3.8, 4) is 11.5 Å². The molecule has 3 aromatic carbocycles. The van der Waals surface area contributed by atoms with Gasteiger partial charge in [0.2, 0.25) is 0 Å². The number of carbonyl (C=O) groups excluding carboxylic acids is 1. The SMILES string of the molecule is COC(=O)c1ccc(Cl)c(NS(=O)(=O)c2ccc(Oc3ccccc3)cc2)c1. The van der Waals surface area contributed by atoms with E-state index in [0.29, 0.717) is 11.5 Å². The lowest BCUT2D eigenvalue weighted by Gasteiger charge is -2.11. The summed E-state index contributed by atoms with van der Waals surface area (Å²) in [5, 5.41) is 0.153. The van der Waals surface area contributed by atoms with Crippen molar-refractivity contribution < 1.29 is 22.7 Å². The summed E-state index contributed by atoms with van der Waals surface area (Å²) in [6.45, 7) is 0. The molecule has 0 heterocycles. The van der Waals surface area contributed by atoms with Gasteiger partial charge < -0.3 is 9.47 Å². The lowest BCUT2D eigenvalue weighted by molar-refractivity contribution is 0.0601. The van der Waals surface area contributed by atoms with Crippen molar-refractivity contribution in [2.45, 2.75) is 4.90 Å². The Morgan fingerprint density at radius 2 is 1.57 bits per heavy atom. The summed E-state index contributed by atoms with van der Waals surface area (Å²) in [7, 11) is -2.68. The van der Waals surface area contributed by atoms with Gasteiger partial charge in [-0.2, -0.15) is 0 Å². The Labute approximate surface area is 167 Å². The number of sulfonamides is 1.